The van der Waals surface area contributed by atoms with Gasteiger partial charge < -0.3 is 10.5 Å². The first-order valence-electron chi connectivity index (χ1n) is 5.71. The van der Waals surface area contributed by atoms with Crippen LogP contribution in [0.25, 0.3) is 0 Å². The number of benzene rings is 1. The molecule has 1 heterocycles. The van der Waals surface area contributed by atoms with Crippen LogP contribution in [-0.2, 0) is 7.05 Å². The molecular weight excluding hydrogens is 214 g/mol. The van der Waals surface area contributed by atoms with Crippen LogP contribution in [0.3, 0.4) is 0 Å². The molecule has 0 spiro atoms. The van der Waals surface area contributed by atoms with Gasteiger partial charge in [0.2, 0.25) is 0 Å². The molecule has 0 saturated carbocycles. The zero-order valence-electron chi connectivity index (χ0n) is 10.1. The van der Waals surface area contributed by atoms with E-state index < -0.39 is 0 Å². The molecular formula is C13H17N3O. The summed E-state index contributed by atoms with van der Waals surface area (Å²) in [4.78, 5) is 0. The van der Waals surface area contributed by atoms with E-state index in [4.69, 9.17) is 10.5 Å². The Morgan fingerprint density at radius 1 is 1.41 bits per heavy atom. The highest BCUT2D eigenvalue weighted by Crippen LogP contribution is 2.24. The largest absolute Gasteiger partial charge is 0.454 e. The van der Waals surface area contributed by atoms with Gasteiger partial charge in [-0.2, -0.15) is 5.10 Å². The van der Waals surface area contributed by atoms with E-state index in [1.54, 1.807) is 10.9 Å². The van der Waals surface area contributed by atoms with E-state index in [0.717, 1.165) is 23.5 Å². The van der Waals surface area contributed by atoms with Crippen LogP contribution in [0.5, 0.6) is 11.5 Å². The Morgan fingerprint density at radius 2 is 2.24 bits per heavy atom. The van der Waals surface area contributed by atoms with Crippen molar-refractivity contribution in [2.75, 3.05) is 0 Å². The summed E-state index contributed by atoms with van der Waals surface area (Å²) in [6.45, 7) is 2.07. The third kappa shape index (κ3) is 2.85. The summed E-state index contributed by atoms with van der Waals surface area (Å²) in [7, 11) is 1.86. The van der Waals surface area contributed by atoms with Crippen LogP contribution in [0.4, 0.5) is 0 Å². The zero-order chi connectivity index (χ0) is 12.3. The van der Waals surface area contributed by atoms with E-state index >= 15 is 0 Å². The third-order valence-electron chi connectivity index (χ3n) is 2.64. The average molecular weight is 231 g/mol. The number of aryl methyl sites for hydroxylation is 1. The Labute approximate surface area is 101 Å². The standard InChI is InChI=1S/C13H17N3O/c1-3-13(14)10-5-4-6-11(7-10)17-12-8-15-16(2)9-12/h4-9,13H,3,14H2,1-2H3. The fourth-order valence-electron chi connectivity index (χ4n) is 1.63. The molecule has 1 atom stereocenters. The van der Waals surface area contributed by atoms with Gasteiger partial charge in [0.05, 0.1) is 12.4 Å². The van der Waals surface area contributed by atoms with E-state index in [0.29, 0.717) is 0 Å². The smallest absolute Gasteiger partial charge is 0.165 e. The molecule has 17 heavy (non-hydrogen) atoms. The van der Waals surface area contributed by atoms with Crippen LogP contribution in [-0.4, -0.2) is 9.78 Å². The SMILES string of the molecule is CCC(N)c1cccc(Oc2cnn(C)c2)c1. The number of hydrogen-bond acceptors (Lipinski definition) is 3. The second-order valence-electron chi connectivity index (χ2n) is 4.04. The van der Waals surface area contributed by atoms with Crippen molar-refractivity contribution in [2.45, 2.75) is 19.4 Å². The molecule has 1 aromatic carbocycles. The number of aromatic nitrogens is 2. The van der Waals surface area contributed by atoms with Crippen molar-refractivity contribution in [1.82, 2.24) is 9.78 Å². The maximum Gasteiger partial charge on any atom is 0.165 e. The molecule has 2 aromatic rings. The van der Waals surface area contributed by atoms with E-state index in [1.165, 1.54) is 0 Å². The number of nitrogens with zero attached hydrogens (tertiary/aromatic N) is 2. The van der Waals surface area contributed by atoms with Crippen molar-refractivity contribution < 1.29 is 4.74 Å². The van der Waals surface area contributed by atoms with Gasteiger partial charge in [-0.25, -0.2) is 0 Å². The average Bonchev–Trinajstić information content (AvgIpc) is 2.74. The van der Waals surface area contributed by atoms with Gasteiger partial charge in [0.1, 0.15) is 5.75 Å². The van der Waals surface area contributed by atoms with Gasteiger partial charge in [-0.3, -0.25) is 4.68 Å². The zero-order valence-corrected chi connectivity index (χ0v) is 10.1. The Morgan fingerprint density at radius 3 is 2.88 bits per heavy atom. The fraction of sp³-hybridized carbons (Fsp3) is 0.308. The van der Waals surface area contributed by atoms with Crippen LogP contribution in [0, 0.1) is 0 Å². The van der Waals surface area contributed by atoms with E-state index in [2.05, 4.69) is 12.0 Å². The molecule has 0 fully saturated rings. The molecule has 0 aliphatic carbocycles. The first-order valence-corrected chi connectivity index (χ1v) is 5.71. The fourth-order valence-corrected chi connectivity index (χ4v) is 1.63. The monoisotopic (exact) mass is 231 g/mol. The summed E-state index contributed by atoms with van der Waals surface area (Å²) in [5.74, 6) is 1.52. The molecule has 2 N–H and O–H groups in total. The lowest BCUT2D eigenvalue weighted by Gasteiger charge is -2.10. The molecule has 1 aromatic heterocycles. The van der Waals surface area contributed by atoms with Gasteiger partial charge in [-0.1, -0.05) is 19.1 Å². The lowest BCUT2D eigenvalue weighted by atomic mass is 10.1. The molecule has 90 valence electrons. The number of nitrogens with two attached hydrogens (primary N) is 1. The molecule has 1 unspecified atom stereocenters. The molecule has 0 aliphatic rings. The summed E-state index contributed by atoms with van der Waals surface area (Å²) < 4.78 is 7.40. The summed E-state index contributed by atoms with van der Waals surface area (Å²) in [6.07, 6.45) is 4.43. The van der Waals surface area contributed by atoms with Gasteiger partial charge >= 0.3 is 0 Å². The van der Waals surface area contributed by atoms with Crippen molar-refractivity contribution in [3.63, 3.8) is 0 Å². The Hall–Kier alpha value is -1.81. The number of hydrogen-bond donors (Lipinski definition) is 1. The Kier molecular flexibility index (Phi) is 3.44. The normalized spacial score (nSPS) is 12.4. The summed E-state index contributed by atoms with van der Waals surface area (Å²) in [5, 5.41) is 4.05. The second-order valence-corrected chi connectivity index (χ2v) is 4.04. The van der Waals surface area contributed by atoms with Crippen molar-refractivity contribution in [1.29, 1.82) is 0 Å². The molecule has 0 saturated heterocycles. The van der Waals surface area contributed by atoms with Crippen LogP contribution in [0.15, 0.2) is 36.7 Å². The van der Waals surface area contributed by atoms with Crippen LogP contribution < -0.4 is 10.5 Å². The van der Waals surface area contributed by atoms with Crippen molar-refractivity contribution in [3.8, 4) is 11.5 Å². The number of ether oxygens (including phenoxy) is 1. The predicted molar refractivity (Wildman–Crippen MR) is 66.9 cm³/mol. The van der Waals surface area contributed by atoms with E-state index in [-0.39, 0.29) is 6.04 Å². The molecule has 0 amide bonds. The second kappa shape index (κ2) is 5.01. The van der Waals surface area contributed by atoms with Gasteiger partial charge in [-0.15, -0.1) is 0 Å². The molecule has 0 radical (unpaired) electrons. The Balaban J connectivity index is 2.16. The van der Waals surface area contributed by atoms with Crippen molar-refractivity contribution >= 4 is 0 Å². The molecule has 2 rings (SSSR count). The van der Waals surface area contributed by atoms with Gasteiger partial charge in [0.15, 0.2) is 5.75 Å². The van der Waals surface area contributed by atoms with Gasteiger partial charge in [-0.05, 0) is 24.1 Å². The maximum absolute atomic E-state index is 5.99. The number of rotatable bonds is 4. The predicted octanol–water partition coefficient (Wildman–Crippen LogP) is 2.62. The topological polar surface area (TPSA) is 53.1 Å². The first-order chi connectivity index (χ1) is 8.19. The molecule has 4 nitrogen and oxygen atoms in total. The van der Waals surface area contributed by atoms with Gasteiger partial charge in [0.25, 0.3) is 0 Å². The molecule has 0 aliphatic heterocycles. The van der Waals surface area contributed by atoms with E-state index in [1.807, 2.05) is 37.5 Å². The van der Waals surface area contributed by atoms with E-state index in [9.17, 15) is 0 Å². The van der Waals surface area contributed by atoms with Crippen LogP contribution >= 0.6 is 0 Å². The van der Waals surface area contributed by atoms with Crippen molar-refractivity contribution in [2.24, 2.45) is 12.8 Å². The van der Waals surface area contributed by atoms with Crippen LogP contribution in [0.1, 0.15) is 24.9 Å². The first kappa shape index (κ1) is 11.7. The quantitative estimate of drug-likeness (QED) is 0.880. The van der Waals surface area contributed by atoms with Crippen LogP contribution in [0.2, 0.25) is 0 Å². The Bertz CT molecular complexity index is 493. The lowest BCUT2D eigenvalue weighted by Crippen LogP contribution is -2.08. The van der Waals surface area contributed by atoms with Crippen molar-refractivity contribution in [3.05, 3.63) is 42.2 Å². The minimum atomic E-state index is 0.0625. The maximum atomic E-state index is 5.99. The lowest BCUT2D eigenvalue weighted by molar-refractivity contribution is 0.480. The summed E-state index contributed by atoms with van der Waals surface area (Å²) in [6, 6.07) is 7.92. The summed E-state index contributed by atoms with van der Waals surface area (Å²) in [5.41, 5.74) is 7.08. The molecule has 4 heteroatoms. The highest BCUT2D eigenvalue weighted by molar-refractivity contribution is 5.33. The minimum Gasteiger partial charge on any atom is -0.454 e. The van der Waals surface area contributed by atoms with Gasteiger partial charge in [0, 0.05) is 13.1 Å². The molecule has 0 bridgehead atoms. The summed E-state index contributed by atoms with van der Waals surface area (Å²) >= 11 is 0. The highest BCUT2D eigenvalue weighted by atomic mass is 16.5. The highest BCUT2D eigenvalue weighted by Gasteiger charge is 2.05. The third-order valence-corrected chi connectivity index (χ3v) is 2.64. The minimum absolute atomic E-state index is 0.0625.